The summed E-state index contributed by atoms with van der Waals surface area (Å²) in [6, 6.07) is 17.5. The van der Waals surface area contributed by atoms with Gasteiger partial charge in [0.25, 0.3) is 0 Å². The number of hydrogen-bond donors (Lipinski definition) is 1. The molecule has 2 aromatic carbocycles. The summed E-state index contributed by atoms with van der Waals surface area (Å²) in [6.07, 6.45) is 1.15. The molecule has 1 N–H and O–H groups in total. The molecule has 4 rings (SSSR count). The average Bonchev–Trinajstić information content (AvgIpc) is 3.31. The fraction of sp³-hybridized carbons (Fsp3) is 0.458. The molecule has 2 aromatic rings. The molecule has 160 valence electrons. The van der Waals surface area contributed by atoms with Crippen LogP contribution in [0.3, 0.4) is 0 Å². The van der Waals surface area contributed by atoms with E-state index in [1.54, 1.807) is 7.11 Å². The Morgan fingerprint density at radius 1 is 1.07 bits per heavy atom. The fourth-order valence-electron chi connectivity index (χ4n) is 4.26. The number of likely N-dealkylation sites (tertiary alicyclic amines) is 1. The van der Waals surface area contributed by atoms with Crippen LogP contribution in [0.15, 0.2) is 53.5 Å². The van der Waals surface area contributed by atoms with Crippen LogP contribution in [-0.2, 0) is 6.54 Å². The van der Waals surface area contributed by atoms with Crippen molar-refractivity contribution in [1.82, 2.24) is 10.2 Å². The van der Waals surface area contributed by atoms with Gasteiger partial charge in [0.2, 0.25) is 0 Å². The Hall–Kier alpha value is -2.34. The Bertz CT molecular complexity index is 831. The van der Waals surface area contributed by atoms with Gasteiger partial charge in [0.05, 0.1) is 7.11 Å². The third-order valence-corrected chi connectivity index (χ3v) is 6.99. The summed E-state index contributed by atoms with van der Waals surface area (Å²) in [5.74, 6) is 4.90. The van der Waals surface area contributed by atoms with Gasteiger partial charge < -0.3 is 19.9 Å². The van der Waals surface area contributed by atoms with Crippen LogP contribution in [-0.4, -0.2) is 62.7 Å². The van der Waals surface area contributed by atoms with Crippen LogP contribution in [0.4, 0.5) is 5.69 Å². The standard InChI is InChI=1S/C24H32N4OS/c1-25-24(28-12-11-21(18-28)20-5-9-23(29-2)10-6-20)26-17-19-3-7-22(8-4-19)27-13-15-30-16-14-27/h3-10,21H,11-18H2,1-2H3,(H,25,26). The molecule has 1 unspecified atom stereocenters. The summed E-state index contributed by atoms with van der Waals surface area (Å²) in [5.41, 5.74) is 4.00. The number of hydrogen-bond acceptors (Lipinski definition) is 4. The minimum absolute atomic E-state index is 0.538. The SMILES string of the molecule is CN=C(NCc1ccc(N2CCSCC2)cc1)N1CCC(c2ccc(OC)cc2)C1. The Morgan fingerprint density at radius 3 is 2.47 bits per heavy atom. The van der Waals surface area contributed by atoms with Crippen LogP contribution in [0.2, 0.25) is 0 Å². The van der Waals surface area contributed by atoms with E-state index in [1.165, 1.54) is 28.3 Å². The van der Waals surface area contributed by atoms with Gasteiger partial charge in [-0.25, -0.2) is 0 Å². The smallest absolute Gasteiger partial charge is 0.193 e. The molecule has 2 aliphatic rings. The zero-order valence-electron chi connectivity index (χ0n) is 18.0. The molecule has 2 aliphatic heterocycles. The highest BCUT2D eigenvalue weighted by Crippen LogP contribution is 2.28. The predicted octanol–water partition coefficient (Wildman–Crippen LogP) is 3.81. The van der Waals surface area contributed by atoms with Gasteiger partial charge >= 0.3 is 0 Å². The lowest BCUT2D eigenvalue weighted by molar-refractivity contribution is 0.414. The van der Waals surface area contributed by atoms with Crippen LogP contribution in [0.1, 0.15) is 23.5 Å². The average molecular weight is 425 g/mol. The second-order valence-corrected chi connectivity index (χ2v) is 9.10. The molecule has 0 spiro atoms. The molecular formula is C24H32N4OS. The van der Waals surface area contributed by atoms with E-state index in [1.807, 2.05) is 18.8 Å². The molecule has 2 saturated heterocycles. The van der Waals surface area contributed by atoms with E-state index in [4.69, 9.17) is 4.74 Å². The Labute approximate surface area is 184 Å². The van der Waals surface area contributed by atoms with E-state index in [0.717, 1.165) is 50.9 Å². The maximum absolute atomic E-state index is 5.28. The molecule has 5 nitrogen and oxygen atoms in total. The highest BCUT2D eigenvalue weighted by molar-refractivity contribution is 7.99. The number of nitrogens with one attached hydrogen (secondary N) is 1. The summed E-state index contributed by atoms with van der Waals surface area (Å²) in [6.45, 7) is 5.13. The van der Waals surface area contributed by atoms with Crippen molar-refractivity contribution < 1.29 is 4.74 Å². The number of guanidine groups is 1. The number of anilines is 1. The van der Waals surface area contributed by atoms with E-state index in [-0.39, 0.29) is 0 Å². The summed E-state index contributed by atoms with van der Waals surface area (Å²) in [5, 5.41) is 3.56. The van der Waals surface area contributed by atoms with Crippen molar-refractivity contribution >= 4 is 23.4 Å². The molecule has 6 heteroatoms. The molecule has 0 aromatic heterocycles. The molecule has 2 fully saturated rings. The monoisotopic (exact) mass is 424 g/mol. The van der Waals surface area contributed by atoms with Crippen molar-refractivity contribution in [2.75, 3.05) is 56.7 Å². The van der Waals surface area contributed by atoms with Gasteiger partial charge in [-0.1, -0.05) is 24.3 Å². The highest BCUT2D eigenvalue weighted by atomic mass is 32.2. The highest BCUT2D eigenvalue weighted by Gasteiger charge is 2.26. The maximum atomic E-state index is 5.28. The molecule has 0 bridgehead atoms. The second-order valence-electron chi connectivity index (χ2n) is 7.87. The zero-order chi connectivity index (χ0) is 20.8. The number of aliphatic imine (C=N–C) groups is 1. The molecule has 2 heterocycles. The molecular weight excluding hydrogens is 392 g/mol. The van der Waals surface area contributed by atoms with Gasteiger partial charge in [0.15, 0.2) is 5.96 Å². The Morgan fingerprint density at radius 2 is 1.80 bits per heavy atom. The van der Waals surface area contributed by atoms with Gasteiger partial charge in [-0.05, 0) is 41.8 Å². The normalized spacial score (nSPS) is 19.8. The van der Waals surface area contributed by atoms with E-state index in [9.17, 15) is 0 Å². The van der Waals surface area contributed by atoms with E-state index < -0.39 is 0 Å². The van der Waals surface area contributed by atoms with Crippen LogP contribution < -0.4 is 15.0 Å². The van der Waals surface area contributed by atoms with Crippen molar-refractivity contribution in [3.63, 3.8) is 0 Å². The topological polar surface area (TPSA) is 40.1 Å². The minimum atomic E-state index is 0.538. The first-order valence-electron chi connectivity index (χ1n) is 10.8. The lowest BCUT2D eigenvalue weighted by Gasteiger charge is -2.28. The van der Waals surface area contributed by atoms with E-state index >= 15 is 0 Å². The van der Waals surface area contributed by atoms with Crippen molar-refractivity contribution in [3.05, 3.63) is 59.7 Å². The van der Waals surface area contributed by atoms with Crippen LogP contribution in [0.25, 0.3) is 0 Å². The number of nitrogens with zero attached hydrogens (tertiary/aromatic N) is 3. The third kappa shape index (κ3) is 5.04. The molecule has 0 aliphatic carbocycles. The summed E-state index contributed by atoms with van der Waals surface area (Å²) in [7, 11) is 3.59. The van der Waals surface area contributed by atoms with Crippen LogP contribution in [0, 0.1) is 0 Å². The first-order chi connectivity index (χ1) is 14.8. The third-order valence-electron chi connectivity index (χ3n) is 6.05. The molecule has 0 radical (unpaired) electrons. The largest absolute Gasteiger partial charge is 0.497 e. The lowest BCUT2D eigenvalue weighted by atomic mass is 9.98. The number of ether oxygens (including phenoxy) is 1. The predicted molar refractivity (Wildman–Crippen MR) is 128 cm³/mol. The van der Waals surface area contributed by atoms with Crippen molar-refractivity contribution in [1.29, 1.82) is 0 Å². The lowest BCUT2D eigenvalue weighted by Crippen LogP contribution is -2.39. The number of benzene rings is 2. The first-order valence-corrected chi connectivity index (χ1v) is 11.9. The van der Waals surface area contributed by atoms with Crippen LogP contribution >= 0.6 is 11.8 Å². The summed E-state index contributed by atoms with van der Waals surface area (Å²) < 4.78 is 5.28. The van der Waals surface area contributed by atoms with Gasteiger partial charge in [-0.2, -0.15) is 11.8 Å². The van der Waals surface area contributed by atoms with Crippen molar-refractivity contribution in [2.24, 2.45) is 4.99 Å². The van der Waals surface area contributed by atoms with E-state index in [0.29, 0.717) is 5.92 Å². The number of rotatable bonds is 5. The summed E-state index contributed by atoms with van der Waals surface area (Å²) >= 11 is 2.05. The zero-order valence-corrected chi connectivity index (χ0v) is 18.8. The second kappa shape index (κ2) is 10.1. The maximum Gasteiger partial charge on any atom is 0.193 e. The van der Waals surface area contributed by atoms with Gasteiger partial charge in [0.1, 0.15) is 5.75 Å². The molecule has 30 heavy (non-hydrogen) atoms. The van der Waals surface area contributed by atoms with Crippen molar-refractivity contribution in [3.8, 4) is 5.75 Å². The van der Waals surface area contributed by atoms with Gasteiger partial charge in [-0.3, -0.25) is 4.99 Å². The quantitative estimate of drug-likeness (QED) is 0.584. The molecule has 1 atom stereocenters. The Balaban J connectivity index is 1.30. The molecule has 0 saturated carbocycles. The minimum Gasteiger partial charge on any atom is -0.497 e. The summed E-state index contributed by atoms with van der Waals surface area (Å²) in [4.78, 5) is 9.38. The molecule has 0 amide bonds. The van der Waals surface area contributed by atoms with Crippen LogP contribution in [0.5, 0.6) is 5.75 Å². The van der Waals surface area contributed by atoms with Gasteiger partial charge in [0, 0.05) is 62.9 Å². The van der Waals surface area contributed by atoms with E-state index in [2.05, 4.69) is 68.6 Å². The number of methoxy groups -OCH3 is 1. The fourth-order valence-corrected chi connectivity index (χ4v) is 5.16. The van der Waals surface area contributed by atoms with Gasteiger partial charge in [-0.15, -0.1) is 0 Å². The number of thioether (sulfide) groups is 1. The first kappa shape index (κ1) is 20.9. The Kier molecular flexibility index (Phi) is 7.05. The van der Waals surface area contributed by atoms with Crippen molar-refractivity contribution in [2.45, 2.75) is 18.9 Å².